The number of carbonyl (C=O) groups excluding carboxylic acids is 2. The van der Waals surface area contributed by atoms with Gasteiger partial charge in [-0.2, -0.15) is 0 Å². The lowest BCUT2D eigenvalue weighted by Gasteiger charge is -2.19. The average molecular weight is 423 g/mol. The number of rotatable bonds is 7. The highest BCUT2D eigenvalue weighted by Crippen LogP contribution is 2.11. The molecule has 0 aliphatic rings. The van der Waals surface area contributed by atoms with Gasteiger partial charge in [0, 0.05) is 22.1 Å². The van der Waals surface area contributed by atoms with Crippen molar-refractivity contribution >= 4 is 27.6 Å². The Kier molecular flexibility index (Phi) is 6.52. The lowest BCUT2D eigenvalue weighted by molar-refractivity contribution is 0.0837. The molecule has 0 heterocycles. The van der Waals surface area contributed by atoms with Gasteiger partial charge in [-0.15, -0.1) is 0 Å². The van der Waals surface area contributed by atoms with Crippen molar-refractivity contribution in [1.29, 1.82) is 0 Å². The molecule has 3 aromatic carbocycles. The van der Waals surface area contributed by atoms with Crippen LogP contribution in [0.4, 0.5) is 0 Å². The molecule has 0 spiro atoms. The smallest absolute Gasteiger partial charge is 0.252 e. The van der Waals surface area contributed by atoms with E-state index < -0.39 is 6.17 Å². The van der Waals surface area contributed by atoms with Crippen molar-refractivity contribution in [1.82, 2.24) is 10.6 Å². The summed E-state index contributed by atoms with van der Waals surface area (Å²) in [5.41, 5.74) is 2.06. The van der Waals surface area contributed by atoms with E-state index in [1.54, 1.807) is 48.5 Å². The van der Waals surface area contributed by atoms with Crippen molar-refractivity contribution in [3.05, 3.63) is 106 Å². The van der Waals surface area contributed by atoms with E-state index >= 15 is 0 Å². The quantitative estimate of drug-likeness (QED) is 0.443. The Balaban J connectivity index is 1.77. The fraction of sp³-hybridized carbons (Fsp3) is 0.0909. The van der Waals surface area contributed by atoms with Gasteiger partial charge in [0.25, 0.3) is 5.91 Å². The Morgan fingerprint density at radius 1 is 0.778 bits per heavy atom. The summed E-state index contributed by atoms with van der Waals surface area (Å²) in [5, 5.41) is 5.96. The monoisotopic (exact) mass is 422 g/mol. The average Bonchev–Trinajstić information content (AvgIpc) is 2.72. The van der Waals surface area contributed by atoms with Gasteiger partial charge in [0.05, 0.1) is 0 Å². The third kappa shape index (κ3) is 5.36. The SMILES string of the molecule is O=C(N[C@H](NCc1ccccc1)C(=O)c1ccccc1)c1ccc(Br)cc1. The van der Waals surface area contributed by atoms with Gasteiger partial charge >= 0.3 is 0 Å². The van der Waals surface area contributed by atoms with Crippen molar-refractivity contribution < 1.29 is 9.59 Å². The molecule has 0 aliphatic carbocycles. The normalized spacial score (nSPS) is 11.6. The van der Waals surface area contributed by atoms with E-state index in [-0.39, 0.29) is 11.7 Å². The summed E-state index contributed by atoms with van der Waals surface area (Å²) < 4.78 is 0.887. The minimum Gasteiger partial charge on any atom is -0.330 e. The van der Waals surface area contributed by atoms with Crippen LogP contribution in [-0.2, 0) is 6.54 Å². The van der Waals surface area contributed by atoms with Crippen LogP contribution in [0, 0.1) is 0 Å². The Labute approximate surface area is 166 Å². The summed E-state index contributed by atoms with van der Waals surface area (Å²) in [4.78, 5) is 25.5. The number of nitrogens with one attached hydrogen (secondary N) is 2. The molecule has 0 aliphatic heterocycles. The number of hydrogen-bond donors (Lipinski definition) is 2. The lowest BCUT2D eigenvalue weighted by atomic mass is 10.1. The zero-order chi connectivity index (χ0) is 19.1. The molecule has 0 unspecified atom stereocenters. The van der Waals surface area contributed by atoms with Crippen molar-refractivity contribution in [2.24, 2.45) is 0 Å². The van der Waals surface area contributed by atoms with Gasteiger partial charge in [0.15, 0.2) is 5.78 Å². The first kappa shape index (κ1) is 19.0. The number of benzene rings is 3. The summed E-state index contributed by atoms with van der Waals surface area (Å²) in [7, 11) is 0. The summed E-state index contributed by atoms with van der Waals surface area (Å²) >= 11 is 3.35. The summed E-state index contributed by atoms with van der Waals surface area (Å²) in [6.07, 6.45) is -0.830. The van der Waals surface area contributed by atoms with Crippen molar-refractivity contribution in [2.75, 3.05) is 0 Å². The van der Waals surface area contributed by atoms with Crippen LogP contribution in [0.1, 0.15) is 26.3 Å². The minimum absolute atomic E-state index is 0.183. The van der Waals surface area contributed by atoms with Gasteiger partial charge in [0.2, 0.25) is 0 Å². The second kappa shape index (κ2) is 9.26. The Morgan fingerprint density at radius 3 is 2.00 bits per heavy atom. The second-order valence-electron chi connectivity index (χ2n) is 6.01. The number of hydrogen-bond acceptors (Lipinski definition) is 3. The molecular formula is C22H19BrN2O2. The molecule has 27 heavy (non-hydrogen) atoms. The maximum Gasteiger partial charge on any atom is 0.252 e. The number of ketones is 1. The fourth-order valence-electron chi connectivity index (χ4n) is 2.61. The van der Waals surface area contributed by atoms with Crippen molar-refractivity contribution in [3.8, 4) is 0 Å². The van der Waals surface area contributed by atoms with E-state index in [2.05, 4.69) is 26.6 Å². The predicted octanol–water partition coefficient (Wildman–Crippen LogP) is 4.18. The topological polar surface area (TPSA) is 58.2 Å². The molecule has 1 atom stereocenters. The van der Waals surface area contributed by atoms with Crippen molar-refractivity contribution in [2.45, 2.75) is 12.7 Å². The summed E-state index contributed by atoms with van der Waals surface area (Å²) in [6.45, 7) is 0.463. The van der Waals surface area contributed by atoms with Crippen LogP contribution in [-0.4, -0.2) is 17.9 Å². The Morgan fingerprint density at radius 2 is 1.37 bits per heavy atom. The standard InChI is InChI=1S/C22H19BrN2O2/c23-19-13-11-18(12-14-19)22(27)25-21(20(26)17-9-5-2-6-10-17)24-15-16-7-3-1-4-8-16/h1-14,21,24H,15H2,(H,25,27)/t21-/m0/s1. The molecule has 0 aromatic heterocycles. The van der Waals surface area contributed by atoms with Gasteiger partial charge < -0.3 is 5.32 Å². The fourth-order valence-corrected chi connectivity index (χ4v) is 2.87. The molecule has 1 amide bonds. The number of carbonyl (C=O) groups is 2. The highest BCUT2D eigenvalue weighted by atomic mass is 79.9. The van der Waals surface area contributed by atoms with Crippen LogP contribution in [0.5, 0.6) is 0 Å². The minimum atomic E-state index is -0.830. The third-order valence-corrected chi connectivity index (χ3v) is 4.58. The van der Waals surface area contributed by atoms with E-state index in [0.29, 0.717) is 17.7 Å². The van der Waals surface area contributed by atoms with Crippen LogP contribution >= 0.6 is 15.9 Å². The van der Waals surface area contributed by atoms with E-state index in [4.69, 9.17) is 0 Å². The van der Waals surface area contributed by atoms with E-state index in [1.807, 2.05) is 36.4 Å². The number of halogens is 1. The van der Waals surface area contributed by atoms with Crippen LogP contribution < -0.4 is 10.6 Å². The zero-order valence-corrected chi connectivity index (χ0v) is 16.1. The summed E-state index contributed by atoms with van der Waals surface area (Å²) in [5.74, 6) is -0.491. The molecule has 3 aromatic rings. The van der Waals surface area contributed by atoms with Crippen LogP contribution in [0.15, 0.2) is 89.4 Å². The molecule has 4 nitrogen and oxygen atoms in total. The zero-order valence-electron chi connectivity index (χ0n) is 14.6. The number of amides is 1. The van der Waals surface area contributed by atoms with Gasteiger partial charge in [-0.3, -0.25) is 14.9 Å². The highest BCUT2D eigenvalue weighted by Gasteiger charge is 2.22. The molecule has 2 N–H and O–H groups in total. The summed E-state index contributed by atoms with van der Waals surface area (Å²) in [6, 6.07) is 25.7. The van der Waals surface area contributed by atoms with E-state index in [1.165, 1.54) is 0 Å². The van der Waals surface area contributed by atoms with Gasteiger partial charge in [-0.05, 0) is 29.8 Å². The van der Waals surface area contributed by atoms with Gasteiger partial charge in [-0.25, -0.2) is 0 Å². The van der Waals surface area contributed by atoms with Gasteiger partial charge in [0.1, 0.15) is 6.17 Å². The predicted molar refractivity (Wildman–Crippen MR) is 109 cm³/mol. The van der Waals surface area contributed by atoms with Crippen molar-refractivity contribution in [3.63, 3.8) is 0 Å². The molecule has 136 valence electrons. The van der Waals surface area contributed by atoms with Crippen LogP contribution in [0.3, 0.4) is 0 Å². The number of Topliss-reactive ketones (excluding diaryl/α,β-unsaturated/α-hetero) is 1. The van der Waals surface area contributed by atoms with E-state index in [0.717, 1.165) is 10.0 Å². The van der Waals surface area contributed by atoms with E-state index in [9.17, 15) is 9.59 Å². The second-order valence-corrected chi connectivity index (χ2v) is 6.93. The first-order valence-corrected chi connectivity index (χ1v) is 9.36. The molecule has 0 saturated heterocycles. The molecule has 3 rings (SSSR count). The maximum absolute atomic E-state index is 12.9. The molecule has 0 bridgehead atoms. The lowest BCUT2D eigenvalue weighted by Crippen LogP contribution is -2.50. The highest BCUT2D eigenvalue weighted by molar-refractivity contribution is 9.10. The third-order valence-electron chi connectivity index (χ3n) is 4.06. The first-order valence-electron chi connectivity index (χ1n) is 8.56. The first-order chi connectivity index (χ1) is 13.1. The molecule has 5 heteroatoms. The largest absolute Gasteiger partial charge is 0.330 e. The Bertz CT molecular complexity index is 897. The maximum atomic E-state index is 12.9. The molecular weight excluding hydrogens is 404 g/mol. The molecule has 0 fully saturated rings. The van der Waals surface area contributed by atoms with Crippen LogP contribution in [0.25, 0.3) is 0 Å². The van der Waals surface area contributed by atoms with Crippen LogP contribution in [0.2, 0.25) is 0 Å². The Hall–Kier alpha value is -2.76. The van der Waals surface area contributed by atoms with Gasteiger partial charge in [-0.1, -0.05) is 76.6 Å². The molecule has 0 radical (unpaired) electrons. The molecule has 0 saturated carbocycles.